The zero-order chi connectivity index (χ0) is 15.4. The second kappa shape index (κ2) is 6.72. The maximum atomic E-state index is 12.3. The van der Waals surface area contributed by atoms with Gasteiger partial charge in [-0.3, -0.25) is 9.69 Å². The van der Waals surface area contributed by atoms with E-state index >= 15 is 0 Å². The summed E-state index contributed by atoms with van der Waals surface area (Å²) < 4.78 is 4.70. The van der Waals surface area contributed by atoms with Gasteiger partial charge in [0, 0.05) is 31.7 Å². The first-order valence-corrected chi connectivity index (χ1v) is 7.17. The van der Waals surface area contributed by atoms with Crippen molar-refractivity contribution < 1.29 is 14.3 Å². The standard InChI is InChI=1S/C16H22N2O3/c1-12-4-5-14(10-13(12)2)15(19)11-17-6-8-18(9-7-17)16(20)21-3/h4-5,10H,6-9,11H2,1-3H3. The molecule has 0 atom stereocenters. The van der Waals surface area contributed by atoms with Gasteiger partial charge in [-0.25, -0.2) is 4.79 Å². The summed E-state index contributed by atoms with van der Waals surface area (Å²) in [7, 11) is 1.39. The third-order valence-corrected chi connectivity index (χ3v) is 4.00. The van der Waals surface area contributed by atoms with E-state index in [1.165, 1.54) is 12.7 Å². The summed E-state index contributed by atoms with van der Waals surface area (Å²) in [5, 5.41) is 0. The SMILES string of the molecule is COC(=O)N1CCN(CC(=O)c2ccc(C)c(C)c2)CC1. The number of nitrogens with zero attached hydrogens (tertiary/aromatic N) is 2. The van der Waals surface area contributed by atoms with Gasteiger partial charge in [0.2, 0.25) is 0 Å². The van der Waals surface area contributed by atoms with Crippen molar-refractivity contribution in [2.45, 2.75) is 13.8 Å². The fraction of sp³-hybridized carbons (Fsp3) is 0.500. The molecule has 1 aromatic rings. The number of ketones is 1. The van der Waals surface area contributed by atoms with E-state index in [0.29, 0.717) is 32.7 Å². The topological polar surface area (TPSA) is 49.9 Å². The zero-order valence-corrected chi connectivity index (χ0v) is 12.9. The van der Waals surface area contributed by atoms with E-state index in [1.807, 2.05) is 32.0 Å². The molecule has 1 fully saturated rings. The Morgan fingerprint density at radius 1 is 1.10 bits per heavy atom. The number of amides is 1. The summed E-state index contributed by atoms with van der Waals surface area (Å²) >= 11 is 0. The first kappa shape index (κ1) is 15.5. The summed E-state index contributed by atoms with van der Waals surface area (Å²) in [5.74, 6) is 0.129. The second-order valence-electron chi connectivity index (χ2n) is 5.46. The Morgan fingerprint density at radius 2 is 1.76 bits per heavy atom. The molecule has 114 valence electrons. The molecule has 1 aliphatic rings. The molecule has 0 N–H and O–H groups in total. The fourth-order valence-electron chi connectivity index (χ4n) is 2.43. The van der Waals surface area contributed by atoms with Gasteiger partial charge in [0.15, 0.2) is 5.78 Å². The highest BCUT2D eigenvalue weighted by Gasteiger charge is 2.23. The van der Waals surface area contributed by atoms with E-state index < -0.39 is 0 Å². The van der Waals surface area contributed by atoms with E-state index in [0.717, 1.165) is 11.1 Å². The zero-order valence-electron chi connectivity index (χ0n) is 12.9. The summed E-state index contributed by atoms with van der Waals surface area (Å²) in [6.45, 7) is 7.06. The summed E-state index contributed by atoms with van der Waals surface area (Å²) in [4.78, 5) is 27.4. The first-order chi connectivity index (χ1) is 10.0. The molecule has 5 heteroatoms. The summed E-state index contributed by atoms with van der Waals surface area (Å²) in [5.41, 5.74) is 3.09. The van der Waals surface area contributed by atoms with Gasteiger partial charge in [-0.2, -0.15) is 0 Å². The molecule has 1 amide bonds. The van der Waals surface area contributed by atoms with Gasteiger partial charge in [0.05, 0.1) is 13.7 Å². The van der Waals surface area contributed by atoms with Crippen molar-refractivity contribution in [3.05, 3.63) is 34.9 Å². The lowest BCUT2D eigenvalue weighted by molar-refractivity contribution is 0.0790. The second-order valence-corrected chi connectivity index (χ2v) is 5.46. The predicted octanol–water partition coefficient (Wildman–Crippen LogP) is 1.87. The van der Waals surface area contributed by atoms with E-state index in [9.17, 15) is 9.59 Å². The molecule has 0 saturated carbocycles. The average Bonchev–Trinajstić information content (AvgIpc) is 2.50. The monoisotopic (exact) mass is 290 g/mol. The Balaban J connectivity index is 1.89. The highest BCUT2D eigenvalue weighted by molar-refractivity contribution is 5.97. The fourth-order valence-corrected chi connectivity index (χ4v) is 2.43. The number of Topliss-reactive ketones (excluding diaryl/α,β-unsaturated/α-hetero) is 1. The van der Waals surface area contributed by atoms with Crippen LogP contribution in [0.5, 0.6) is 0 Å². The molecular formula is C16H22N2O3. The first-order valence-electron chi connectivity index (χ1n) is 7.17. The van der Waals surface area contributed by atoms with Gasteiger partial charge in [-0.05, 0) is 31.0 Å². The molecule has 1 saturated heterocycles. The van der Waals surface area contributed by atoms with E-state index in [1.54, 1.807) is 4.90 Å². The molecule has 0 unspecified atom stereocenters. The van der Waals surface area contributed by atoms with Gasteiger partial charge in [0.25, 0.3) is 0 Å². The molecule has 0 radical (unpaired) electrons. The Morgan fingerprint density at radius 3 is 2.33 bits per heavy atom. The molecule has 2 rings (SSSR count). The number of aryl methyl sites for hydroxylation is 2. The Bertz CT molecular complexity index is 534. The van der Waals surface area contributed by atoms with Crippen LogP contribution in [0.1, 0.15) is 21.5 Å². The third-order valence-electron chi connectivity index (χ3n) is 4.00. The smallest absolute Gasteiger partial charge is 0.409 e. The van der Waals surface area contributed by atoms with Crippen LogP contribution in [0.15, 0.2) is 18.2 Å². The van der Waals surface area contributed by atoms with Crippen molar-refractivity contribution in [1.82, 2.24) is 9.80 Å². The minimum absolute atomic E-state index is 0.129. The van der Waals surface area contributed by atoms with Crippen molar-refractivity contribution in [2.24, 2.45) is 0 Å². The minimum atomic E-state index is -0.296. The van der Waals surface area contributed by atoms with Crippen LogP contribution in [0.4, 0.5) is 4.79 Å². The van der Waals surface area contributed by atoms with Gasteiger partial charge >= 0.3 is 6.09 Å². The maximum Gasteiger partial charge on any atom is 0.409 e. The van der Waals surface area contributed by atoms with Crippen LogP contribution in [0, 0.1) is 13.8 Å². The number of carbonyl (C=O) groups is 2. The van der Waals surface area contributed by atoms with E-state index in [4.69, 9.17) is 4.74 Å². The van der Waals surface area contributed by atoms with E-state index in [-0.39, 0.29) is 11.9 Å². The molecule has 1 heterocycles. The van der Waals surface area contributed by atoms with Crippen LogP contribution >= 0.6 is 0 Å². The normalized spacial score (nSPS) is 15.9. The molecular weight excluding hydrogens is 268 g/mol. The Hall–Kier alpha value is -1.88. The average molecular weight is 290 g/mol. The summed E-state index contributed by atoms with van der Waals surface area (Å²) in [6.07, 6.45) is -0.296. The van der Waals surface area contributed by atoms with Gasteiger partial charge < -0.3 is 9.64 Å². The lowest BCUT2D eigenvalue weighted by atomic mass is 10.0. The molecule has 0 aromatic heterocycles. The molecule has 1 aliphatic heterocycles. The van der Waals surface area contributed by atoms with Crippen molar-refractivity contribution in [2.75, 3.05) is 39.8 Å². The van der Waals surface area contributed by atoms with Crippen LogP contribution in [0.2, 0.25) is 0 Å². The van der Waals surface area contributed by atoms with Crippen molar-refractivity contribution in [1.29, 1.82) is 0 Å². The van der Waals surface area contributed by atoms with Crippen LogP contribution in [0.25, 0.3) is 0 Å². The number of carbonyl (C=O) groups excluding carboxylic acids is 2. The lowest BCUT2D eigenvalue weighted by Gasteiger charge is -2.33. The largest absolute Gasteiger partial charge is 0.453 e. The molecule has 21 heavy (non-hydrogen) atoms. The van der Waals surface area contributed by atoms with Gasteiger partial charge in [0.1, 0.15) is 0 Å². The lowest BCUT2D eigenvalue weighted by Crippen LogP contribution is -2.49. The molecule has 0 spiro atoms. The van der Waals surface area contributed by atoms with E-state index in [2.05, 4.69) is 4.90 Å². The quantitative estimate of drug-likeness (QED) is 0.797. The molecule has 0 aliphatic carbocycles. The van der Waals surface area contributed by atoms with Crippen molar-refractivity contribution >= 4 is 11.9 Å². The number of methoxy groups -OCH3 is 1. The Kier molecular flexibility index (Phi) is 4.96. The predicted molar refractivity (Wildman–Crippen MR) is 80.7 cm³/mol. The molecule has 1 aromatic carbocycles. The van der Waals surface area contributed by atoms with Crippen LogP contribution in [-0.2, 0) is 4.74 Å². The number of benzene rings is 1. The van der Waals surface area contributed by atoms with Crippen LogP contribution < -0.4 is 0 Å². The molecule has 5 nitrogen and oxygen atoms in total. The minimum Gasteiger partial charge on any atom is -0.453 e. The molecule has 0 bridgehead atoms. The highest BCUT2D eigenvalue weighted by Crippen LogP contribution is 2.12. The number of piperazine rings is 1. The number of ether oxygens (including phenoxy) is 1. The van der Waals surface area contributed by atoms with Crippen molar-refractivity contribution in [3.63, 3.8) is 0 Å². The Labute approximate surface area is 125 Å². The highest BCUT2D eigenvalue weighted by atomic mass is 16.5. The maximum absolute atomic E-state index is 12.3. The van der Waals surface area contributed by atoms with Gasteiger partial charge in [-0.15, -0.1) is 0 Å². The number of rotatable bonds is 3. The van der Waals surface area contributed by atoms with Crippen LogP contribution in [0.3, 0.4) is 0 Å². The number of hydrogen-bond acceptors (Lipinski definition) is 4. The van der Waals surface area contributed by atoms with Gasteiger partial charge in [-0.1, -0.05) is 12.1 Å². The van der Waals surface area contributed by atoms with Crippen LogP contribution in [-0.4, -0.2) is 61.5 Å². The third kappa shape index (κ3) is 3.82. The summed E-state index contributed by atoms with van der Waals surface area (Å²) in [6, 6.07) is 5.81. The van der Waals surface area contributed by atoms with Crippen molar-refractivity contribution in [3.8, 4) is 0 Å². The number of hydrogen-bond donors (Lipinski definition) is 0.